The SMILES string of the molecule is CCOc1cc(C=NNC(=O)c2ccc(NS(=O)(=O)c3ccc(Cl)cc3)cc2)ccc1OC(=O)c1ccc(OC)cc1. The number of nitrogens with zero attached hydrogens (tertiary/aromatic N) is 1. The quantitative estimate of drug-likeness (QED) is 0.0991. The zero-order chi connectivity index (χ0) is 30.1. The first-order valence-corrected chi connectivity index (χ1v) is 14.4. The lowest BCUT2D eigenvalue weighted by atomic mass is 10.2. The molecule has 0 bridgehead atoms. The second-order valence-corrected chi connectivity index (χ2v) is 10.7. The molecule has 0 heterocycles. The second kappa shape index (κ2) is 13.7. The van der Waals surface area contributed by atoms with Gasteiger partial charge in [-0.05, 0) is 103 Å². The summed E-state index contributed by atoms with van der Waals surface area (Å²) >= 11 is 5.82. The number of hydrazone groups is 1. The van der Waals surface area contributed by atoms with Crippen molar-refractivity contribution in [3.8, 4) is 17.2 Å². The second-order valence-electron chi connectivity index (χ2n) is 8.59. The normalized spacial score (nSPS) is 11.1. The van der Waals surface area contributed by atoms with E-state index in [9.17, 15) is 18.0 Å². The van der Waals surface area contributed by atoms with Gasteiger partial charge in [0.25, 0.3) is 15.9 Å². The summed E-state index contributed by atoms with van der Waals surface area (Å²) in [5, 5.41) is 4.40. The van der Waals surface area contributed by atoms with E-state index in [-0.39, 0.29) is 21.9 Å². The average Bonchev–Trinajstić information content (AvgIpc) is 2.99. The minimum atomic E-state index is -3.82. The fraction of sp³-hybridized carbons (Fsp3) is 0.100. The third kappa shape index (κ3) is 7.87. The number of sulfonamides is 1. The van der Waals surface area contributed by atoms with Crippen molar-refractivity contribution in [2.75, 3.05) is 18.4 Å². The molecule has 0 radical (unpaired) electrons. The molecule has 0 unspecified atom stereocenters. The summed E-state index contributed by atoms with van der Waals surface area (Å²) in [7, 11) is -2.28. The molecule has 4 aromatic carbocycles. The van der Waals surface area contributed by atoms with Gasteiger partial charge >= 0.3 is 5.97 Å². The fourth-order valence-electron chi connectivity index (χ4n) is 3.59. The number of ether oxygens (including phenoxy) is 3. The zero-order valence-electron chi connectivity index (χ0n) is 22.5. The molecule has 0 aromatic heterocycles. The van der Waals surface area contributed by atoms with E-state index in [0.717, 1.165) is 0 Å². The number of carbonyl (C=O) groups excluding carboxylic acids is 2. The van der Waals surface area contributed by atoms with Crippen molar-refractivity contribution in [1.82, 2.24) is 5.43 Å². The van der Waals surface area contributed by atoms with Gasteiger partial charge in [-0.1, -0.05) is 11.6 Å². The Hall–Kier alpha value is -4.87. The van der Waals surface area contributed by atoms with Crippen molar-refractivity contribution in [1.29, 1.82) is 0 Å². The number of methoxy groups -OCH3 is 1. The van der Waals surface area contributed by atoms with Gasteiger partial charge in [0.05, 0.1) is 30.4 Å². The van der Waals surface area contributed by atoms with E-state index in [0.29, 0.717) is 34.3 Å². The van der Waals surface area contributed by atoms with Crippen LogP contribution in [0.5, 0.6) is 17.2 Å². The van der Waals surface area contributed by atoms with Crippen LogP contribution in [0.3, 0.4) is 0 Å². The first kappa shape index (κ1) is 30.1. The third-order valence-corrected chi connectivity index (χ3v) is 7.35. The minimum absolute atomic E-state index is 0.0546. The summed E-state index contributed by atoms with van der Waals surface area (Å²) < 4.78 is 43.8. The van der Waals surface area contributed by atoms with E-state index in [4.69, 9.17) is 25.8 Å². The monoisotopic (exact) mass is 607 g/mol. The average molecular weight is 608 g/mol. The number of benzene rings is 4. The topological polar surface area (TPSA) is 132 Å². The Morgan fingerprint density at radius 1 is 0.881 bits per heavy atom. The van der Waals surface area contributed by atoms with Crippen LogP contribution in [-0.4, -0.2) is 40.2 Å². The molecule has 0 fully saturated rings. The van der Waals surface area contributed by atoms with Crippen LogP contribution in [0.15, 0.2) is 101 Å². The minimum Gasteiger partial charge on any atom is -0.497 e. The van der Waals surface area contributed by atoms with E-state index in [2.05, 4.69) is 15.2 Å². The van der Waals surface area contributed by atoms with Gasteiger partial charge in [-0.25, -0.2) is 18.6 Å². The molecule has 2 N–H and O–H groups in total. The highest BCUT2D eigenvalue weighted by Crippen LogP contribution is 2.29. The smallest absolute Gasteiger partial charge is 0.343 e. The van der Waals surface area contributed by atoms with Gasteiger partial charge in [-0.3, -0.25) is 9.52 Å². The first-order chi connectivity index (χ1) is 20.2. The maximum absolute atomic E-state index is 12.6. The molecule has 4 aromatic rings. The summed E-state index contributed by atoms with van der Waals surface area (Å²) in [4.78, 5) is 25.2. The highest BCUT2D eigenvalue weighted by atomic mass is 35.5. The molecule has 12 heteroatoms. The number of halogens is 1. The number of hydrogen-bond donors (Lipinski definition) is 2. The molecular formula is C30H26ClN3O7S. The van der Waals surface area contributed by atoms with Crippen LogP contribution < -0.4 is 24.4 Å². The largest absolute Gasteiger partial charge is 0.497 e. The fourth-order valence-corrected chi connectivity index (χ4v) is 4.78. The highest BCUT2D eigenvalue weighted by Gasteiger charge is 2.15. The Balaban J connectivity index is 1.37. The van der Waals surface area contributed by atoms with Crippen LogP contribution in [0, 0.1) is 0 Å². The number of nitrogens with one attached hydrogen (secondary N) is 2. The first-order valence-electron chi connectivity index (χ1n) is 12.5. The Morgan fingerprint density at radius 2 is 1.55 bits per heavy atom. The predicted molar refractivity (Wildman–Crippen MR) is 159 cm³/mol. The lowest BCUT2D eigenvalue weighted by molar-refractivity contribution is 0.0728. The van der Waals surface area contributed by atoms with Crippen molar-refractivity contribution in [2.24, 2.45) is 5.10 Å². The molecule has 0 spiro atoms. The molecule has 0 aliphatic carbocycles. The molecular weight excluding hydrogens is 582 g/mol. The Kier molecular flexibility index (Phi) is 9.79. The van der Waals surface area contributed by atoms with E-state index in [1.165, 1.54) is 61.9 Å². The van der Waals surface area contributed by atoms with E-state index in [1.807, 2.05) is 0 Å². The van der Waals surface area contributed by atoms with Crippen molar-refractivity contribution in [2.45, 2.75) is 11.8 Å². The molecule has 216 valence electrons. The number of anilines is 1. The Morgan fingerprint density at radius 3 is 2.19 bits per heavy atom. The summed E-state index contributed by atoms with van der Waals surface area (Å²) in [6.07, 6.45) is 1.41. The molecule has 4 rings (SSSR count). The van der Waals surface area contributed by atoms with Gasteiger partial charge in [0.2, 0.25) is 0 Å². The summed E-state index contributed by atoms with van der Waals surface area (Å²) in [6.45, 7) is 2.13. The number of amides is 1. The highest BCUT2D eigenvalue weighted by molar-refractivity contribution is 7.92. The van der Waals surface area contributed by atoms with Crippen molar-refractivity contribution in [3.05, 3.63) is 113 Å². The summed E-state index contributed by atoms with van der Waals surface area (Å²) in [5.41, 5.74) is 3.88. The maximum atomic E-state index is 12.6. The van der Waals surface area contributed by atoms with Gasteiger partial charge < -0.3 is 14.2 Å². The van der Waals surface area contributed by atoms with E-state index >= 15 is 0 Å². The van der Waals surface area contributed by atoms with Crippen molar-refractivity contribution < 1.29 is 32.2 Å². The molecule has 0 saturated heterocycles. The van der Waals surface area contributed by atoms with Gasteiger partial charge in [0.1, 0.15) is 5.75 Å². The van der Waals surface area contributed by atoms with Crippen LogP contribution in [0.25, 0.3) is 0 Å². The van der Waals surface area contributed by atoms with Gasteiger partial charge in [0, 0.05) is 16.3 Å². The molecule has 42 heavy (non-hydrogen) atoms. The Labute approximate surface area is 247 Å². The van der Waals surface area contributed by atoms with Gasteiger partial charge in [-0.15, -0.1) is 0 Å². The molecule has 10 nitrogen and oxygen atoms in total. The molecule has 0 aliphatic heterocycles. The summed E-state index contributed by atoms with van der Waals surface area (Å²) in [5.74, 6) is 0.105. The number of rotatable bonds is 11. The molecule has 0 aliphatic rings. The van der Waals surface area contributed by atoms with Crippen LogP contribution in [-0.2, 0) is 10.0 Å². The lowest BCUT2D eigenvalue weighted by Crippen LogP contribution is -2.18. The maximum Gasteiger partial charge on any atom is 0.343 e. The standard InChI is InChI=1S/C30H26ClN3O7S/c1-3-40-28-18-20(4-17-27(28)41-30(36)22-7-13-25(39-2)14-8-22)19-32-33-29(35)21-5-11-24(12-6-21)34-42(37,38)26-15-9-23(31)10-16-26/h4-19,34H,3H2,1-2H3,(H,33,35). The van der Waals surface area contributed by atoms with Crippen LogP contribution >= 0.6 is 11.6 Å². The number of hydrogen-bond acceptors (Lipinski definition) is 8. The van der Waals surface area contributed by atoms with Crippen molar-refractivity contribution >= 4 is 45.4 Å². The van der Waals surface area contributed by atoms with Crippen LogP contribution in [0.2, 0.25) is 5.02 Å². The lowest BCUT2D eigenvalue weighted by Gasteiger charge is -2.11. The molecule has 0 atom stereocenters. The summed E-state index contributed by atoms with van der Waals surface area (Å²) in [6, 6.07) is 23.0. The van der Waals surface area contributed by atoms with Crippen LogP contribution in [0.4, 0.5) is 5.69 Å². The number of esters is 1. The van der Waals surface area contributed by atoms with Crippen LogP contribution in [0.1, 0.15) is 33.2 Å². The third-order valence-electron chi connectivity index (χ3n) is 5.70. The predicted octanol–water partition coefficient (Wildman–Crippen LogP) is 5.53. The van der Waals surface area contributed by atoms with Gasteiger partial charge in [0.15, 0.2) is 11.5 Å². The Bertz CT molecular complexity index is 1690. The van der Waals surface area contributed by atoms with Gasteiger partial charge in [-0.2, -0.15) is 5.10 Å². The van der Waals surface area contributed by atoms with E-state index in [1.54, 1.807) is 49.4 Å². The molecule has 1 amide bonds. The van der Waals surface area contributed by atoms with Crippen molar-refractivity contribution in [3.63, 3.8) is 0 Å². The zero-order valence-corrected chi connectivity index (χ0v) is 24.1. The van der Waals surface area contributed by atoms with E-state index < -0.39 is 21.9 Å². The molecule has 0 saturated carbocycles. The number of carbonyl (C=O) groups is 2.